The third-order valence-corrected chi connectivity index (χ3v) is 5.15. The Hall–Kier alpha value is -2.66. The molecule has 30 heavy (non-hydrogen) atoms. The van der Waals surface area contributed by atoms with Crippen LogP contribution < -0.4 is 5.73 Å². The number of aromatic nitrogens is 1. The zero-order valence-electron chi connectivity index (χ0n) is 14.3. The highest BCUT2D eigenvalue weighted by Crippen LogP contribution is 2.40. The van der Waals surface area contributed by atoms with E-state index in [1.54, 1.807) is 0 Å². The molecule has 0 aliphatic rings. The van der Waals surface area contributed by atoms with E-state index in [1.807, 2.05) is 0 Å². The van der Waals surface area contributed by atoms with E-state index in [9.17, 15) is 35.5 Å². The third-order valence-electron chi connectivity index (χ3n) is 3.94. The van der Waals surface area contributed by atoms with E-state index in [2.05, 4.69) is 4.98 Å². The van der Waals surface area contributed by atoms with Gasteiger partial charge in [-0.15, -0.1) is 0 Å². The summed E-state index contributed by atoms with van der Waals surface area (Å²) in [5, 5.41) is -0.933. The van der Waals surface area contributed by atoms with Crippen molar-refractivity contribution in [1.29, 1.82) is 0 Å². The molecule has 2 N–H and O–H groups in total. The van der Waals surface area contributed by atoms with Crippen LogP contribution in [0.4, 0.5) is 35.9 Å². The van der Waals surface area contributed by atoms with Gasteiger partial charge < -0.3 is 5.73 Å². The highest BCUT2D eigenvalue weighted by molar-refractivity contribution is 7.18. The number of thiazole rings is 1. The lowest BCUT2D eigenvalue weighted by Gasteiger charge is -2.13. The van der Waals surface area contributed by atoms with Gasteiger partial charge in [0.05, 0.1) is 27.4 Å². The lowest BCUT2D eigenvalue weighted by Crippen LogP contribution is -2.15. The molecule has 0 fully saturated rings. The van der Waals surface area contributed by atoms with Crippen LogP contribution >= 0.6 is 22.9 Å². The molecule has 158 valence electrons. The summed E-state index contributed by atoms with van der Waals surface area (Å²) in [6.07, 6.45) is -9.89. The second-order valence-corrected chi connectivity index (χ2v) is 7.35. The number of hydrogen-bond acceptors (Lipinski definition) is 4. The minimum Gasteiger partial charge on any atom is -0.375 e. The average Bonchev–Trinajstić information content (AvgIpc) is 3.01. The molecule has 2 aromatic carbocycles. The summed E-state index contributed by atoms with van der Waals surface area (Å²) in [4.78, 5) is 16.0. The zero-order valence-corrected chi connectivity index (χ0v) is 15.9. The van der Waals surface area contributed by atoms with E-state index < -0.39 is 56.2 Å². The van der Waals surface area contributed by atoms with Crippen molar-refractivity contribution in [3.05, 3.63) is 68.8 Å². The van der Waals surface area contributed by atoms with Crippen molar-refractivity contribution in [3.63, 3.8) is 0 Å². The van der Waals surface area contributed by atoms with Gasteiger partial charge in [-0.3, -0.25) is 4.79 Å². The number of hydrogen-bond donors (Lipinski definition) is 1. The van der Waals surface area contributed by atoms with Crippen LogP contribution in [0.25, 0.3) is 11.3 Å². The highest BCUT2D eigenvalue weighted by Gasteiger charge is 2.38. The van der Waals surface area contributed by atoms with Gasteiger partial charge >= 0.3 is 12.4 Å². The summed E-state index contributed by atoms with van der Waals surface area (Å²) in [6.45, 7) is 0. The number of carbonyl (C=O) groups is 1. The zero-order chi connectivity index (χ0) is 22.4. The first-order valence-electron chi connectivity index (χ1n) is 7.84. The van der Waals surface area contributed by atoms with Crippen molar-refractivity contribution in [1.82, 2.24) is 4.98 Å². The van der Waals surface area contributed by atoms with Crippen molar-refractivity contribution in [2.45, 2.75) is 12.4 Å². The van der Waals surface area contributed by atoms with E-state index in [1.165, 1.54) is 0 Å². The summed E-state index contributed by atoms with van der Waals surface area (Å²) in [5.74, 6) is -2.85. The van der Waals surface area contributed by atoms with Gasteiger partial charge in [-0.25, -0.2) is 9.37 Å². The lowest BCUT2D eigenvalue weighted by atomic mass is 9.98. The fourth-order valence-electron chi connectivity index (χ4n) is 2.68. The van der Waals surface area contributed by atoms with Crippen LogP contribution in [0.5, 0.6) is 0 Å². The van der Waals surface area contributed by atoms with Crippen LogP contribution in [0.15, 0.2) is 36.4 Å². The first kappa shape index (κ1) is 22.0. The van der Waals surface area contributed by atoms with Crippen molar-refractivity contribution in [2.24, 2.45) is 0 Å². The number of nitrogen functional groups attached to an aromatic ring is 1. The third kappa shape index (κ3) is 4.12. The van der Waals surface area contributed by atoms with E-state index >= 15 is 0 Å². The molecule has 12 heteroatoms. The Morgan fingerprint density at radius 3 is 2.23 bits per heavy atom. The van der Waals surface area contributed by atoms with Gasteiger partial charge in [-0.1, -0.05) is 35.1 Å². The van der Waals surface area contributed by atoms with Crippen molar-refractivity contribution in [3.8, 4) is 11.3 Å². The Bertz CT molecular complexity index is 1140. The van der Waals surface area contributed by atoms with Gasteiger partial charge in [-0.05, 0) is 24.3 Å². The number of ketones is 1. The molecule has 0 saturated carbocycles. The fourth-order valence-corrected chi connectivity index (χ4v) is 3.71. The molecule has 0 bridgehead atoms. The standard InChI is InChI=1S/C18H8ClF7N2OS/c19-10-5-4-7(6-9(10)18(24,25)26)13-15(30-16(27)28-13)14(29)12-8(17(21,22)23)2-1-3-11(12)20/h1-6H,(H2,27,28). The Morgan fingerprint density at radius 1 is 1.00 bits per heavy atom. The Morgan fingerprint density at radius 2 is 1.63 bits per heavy atom. The molecule has 0 radical (unpaired) electrons. The Balaban J connectivity index is 2.21. The summed E-state index contributed by atoms with van der Waals surface area (Å²) in [7, 11) is 0. The van der Waals surface area contributed by atoms with Crippen molar-refractivity contribution >= 4 is 33.9 Å². The highest BCUT2D eigenvalue weighted by atomic mass is 35.5. The van der Waals surface area contributed by atoms with Crippen LogP contribution in [0.2, 0.25) is 5.02 Å². The number of carbonyl (C=O) groups excluding carboxylic acids is 1. The molecule has 1 aromatic heterocycles. The molecular weight excluding hydrogens is 461 g/mol. The van der Waals surface area contributed by atoms with Crippen LogP contribution in [0.3, 0.4) is 0 Å². The number of halogens is 8. The van der Waals surface area contributed by atoms with Crippen LogP contribution in [0, 0.1) is 5.82 Å². The van der Waals surface area contributed by atoms with Crippen molar-refractivity contribution < 1.29 is 35.5 Å². The molecule has 1 heterocycles. The second kappa shape index (κ2) is 7.55. The smallest absolute Gasteiger partial charge is 0.375 e. The van der Waals surface area contributed by atoms with E-state index in [0.29, 0.717) is 29.5 Å². The maximum atomic E-state index is 14.2. The minimum atomic E-state index is -5.05. The molecule has 0 aliphatic carbocycles. The number of rotatable bonds is 3. The average molecular weight is 469 g/mol. The molecule has 3 aromatic rings. The lowest BCUT2D eigenvalue weighted by molar-refractivity contribution is -0.138. The maximum Gasteiger partial charge on any atom is 0.417 e. The Labute approximate surface area is 172 Å². The van der Waals surface area contributed by atoms with Crippen molar-refractivity contribution in [2.75, 3.05) is 5.73 Å². The molecular formula is C18H8ClF7N2OS. The minimum absolute atomic E-state index is 0.270. The molecule has 0 spiro atoms. The predicted octanol–water partition coefficient (Wildman–Crippen LogP) is 6.45. The van der Waals surface area contributed by atoms with Crippen LogP contribution in [0.1, 0.15) is 26.4 Å². The summed E-state index contributed by atoms with van der Waals surface area (Å²) >= 11 is 5.99. The van der Waals surface area contributed by atoms with E-state index in [4.69, 9.17) is 17.3 Å². The molecule has 0 aliphatic heterocycles. The van der Waals surface area contributed by atoms with Gasteiger partial charge in [-0.2, -0.15) is 26.3 Å². The van der Waals surface area contributed by atoms with Crippen LogP contribution in [-0.2, 0) is 12.4 Å². The van der Waals surface area contributed by atoms with Gasteiger partial charge in [0, 0.05) is 5.56 Å². The number of nitrogens with two attached hydrogens (primary N) is 1. The van der Waals surface area contributed by atoms with Crippen LogP contribution in [-0.4, -0.2) is 10.8 Å². The maximum absolute atomic E-state index is 14.2. The second-order valence-electron chi connectivity index (χ2n) is 5.91. The first-order chi connectivity index (χ1) is 13.8. The van der Waals surface area contributed by atoms with E-state index in [-0.39, 0.29) is 10.7 Å². The molecule has 0 atom stereocenters. The quantitative estimate of drug-likeness (QED) is 0.355. The molecule has 3 rings (SSSR count). The SMILES string of the molecule is Nc1nc(-c2ccc(Cl)c(C(F)(F)F)c2)c(C(=O)c2c(F)cccc2C(F)(F)F)s1. The normalized spacial score (nSPS) is 12.3. The monoisotopic (exact) mass is 468 g/mol. The Kier molecular flexibility index (Phi) is 5.54. The topological polar surface area (TPSA) is 56.0 Å². The summed E-state index contributed by atoms with van der Waals surface area (Å²) < 4.78 is 93.4. The van der Waals surface area contributed by atoms with Gasteiger partial charge in [0.1, 0.15) is 10.7 Å². The summed E-state index contributed by atoms with van der Waals surface area (Å²) in [5.41, 5.74) is 0.803. The fraction of sp³-hybridized carbons (Fsp3) is 0.111. The number of anilines is 1. The van der Waals surface area contributed by atoms with E-state index in [0.717, 1.165) is 18.2 Å². The van der Waals surface area contributed by atoms with Gasteiger partial charge in [0.25, 0.3) is 0 Å². The molecule has 0 unspecified atom stereocenters. The number of alkyl halides is 6. The number of benzene rings is 2. The van der Waals surface area contributed by atoms with Gasteiger partial charge in [0.15, 0.2) is 5.13 Å². The number of nitrogens with zero attached hydrogens (tertiary/aromatic N) is 1. The predicted molar refractivity (Wildman–Crippen MR) is 96.8 cm³/mol. The van der Waals surface area contributed by atoms with Gasteiger partial charge in [0.2, 0.25) is 5.78 Å². The molecule has 0 saturated heterocycles. The largest absolute Gasteiger partial charge is 0.417 e. The first-order valence-corrected chi connectivity index (χ1v) is 9.04. The molecule has 0 amide bonds. The summed E-state index contributed by atoms with van der Waals surface area (Å²) in [6, 6.07) is 4.54. The molecule has 3 nitrogen and oxygen atoms in total.